The van der Waals surface area contributed by atoms with E-state index in [2.05, 4.69) is 120 Å². The normalized spacial score (nSPS) is 12.1. The van der Waals surface area contributed by atoms with Crippen molar-refractivity contribution in [3.8, 4) is 11.1 Å². The van der Waals surface area contributed by atoms with Crippen LogP contribution >= 0.6 is 0 Å². The summed E-state index contributed by atoms with van der Waals surface area (Å²) < 4.78 is 0. The number of nitrogens with zero attached hydrogens (tertiary/aromatic N) is 3. The summed E-state index contributed by atoms with van der Waals surface area (Å²) in [5.74, 6) is 0. The van der Waals surface area contributed by atoms with Crippen LogP contribution in [0.2, 0.25) is 0 Å². The van der Waals surface area contributed by atoms with Crippen molar-refractivity contribution in [1.29, 1.82) is 0 Å². The molecule has 4 aromatic rings. The Hall–Kier alpha value is -3.37. The molecule has 0 aliphatic carbocycles. The van der Waals surface area contributed by atoms with Gasteiger partial charge in [-0.05, 0) is 55.3 Å². The number of anilines is 1. The van der Waals surface area contributed by atoms with Gasteiger partial charge in [-0.15, -0.1) is 0 Å². The summed E-state index contributed by atoms with van der Waals surface area (Å²) in [5, 5.41) is 0. The van der Waals surface area contributed by atoms with Crippen LogP contribution in [0, 0.1) is 0 Å². The topological polar surface area (TPSA) is 35.2 Å². The zero-order valence-electron chi connectivity index (χ0n) is 19.2. The van der Waals surface area contributed by atoms with E-state index in [0.29, 0.717) is 6.04 Å². The van der Waals surface area contributed by atoms with Crippen molar-refractivity contribution in [3.05, 3.63) is 108 Å². The lowest BCUT2D eigenvalue weighted by molar-refractivity contribution is 0.253. The number of hydrogen-bond acceptors (Lipinski definition) is 3. The van der Waals surface area contributed by atoms with Crippen LogP contribution in [0.5, 0.6) is 0 Å². The standard InChI is InChI=1S/C28H32N4/c1-4-32(20-27-18-29-21-30-27)28-16-15-25(24-13-9-6-10-14-24)17-26(28)19-31(3)22(2)23-11-7-5-8-12-23/h5-18,21-22H,4,19-20H2,1-3H3,(H,29,30). The third kappa shape index (κ3) is 5.09. The number of aromatic amines is 1. The van der Waals surface area contributed by atoms with Crippen LogP contribution in [0.15, 0.2) is 91.4 Å². The number of hydrogen-bond donors (Lipinski definition) is 1. The number of nitrogens with one attached hydrogen (secondary N) is 1. The molecule has 0 aliphatic rings. The van der Waals surface area contributed by atoms with E-state index in [1.807, 2.05) is 6.20 Å². The van der Waals surface area contributed by atoms with Gasteiger partial charge in [0.2, 0.25) is 0 Å². The first kappa shape index (κ1) is 21.8. The maximum Gasteiger partial charge on any atom is 0.0922 e. The van der Waals surface area contributed by atoms with E-state index in [9.17, 15) is 0 Å². The highest BCUT2D eigenvalue weighted by Crippen LogP contribution is 2.31. The van der Waals surface area contributed by atoms with Crippen LogP contribution in [0.25, 0.3) is 11.1 Å². The Kier molecular flexibility index (Phi) is 7.03. The van der Waals surface area contributed by atoms with Gasteiger partial charge in [0.1, 0.15) is 0 Å². The molecule has 0 radical (unpaired) electrons. The van der Waals surface area contributed by atoms with Gasteiger partial charge in [0, 0.05) is 31.0 Å². The zero-order valence-corrected chi connectivity index (χ0v) is 19.2. The van der Waals surface area contributed by atoms with E-state index in [1.54, 1.807) is 6.33 Å². The van der Waals surface area contributed by atoms with Crippen LogP contribution in [0.3, 0.4) is 0 Å². The van der Waals surface area contributed by atoms with Crippen molar-refractivity contribution in [3.63, 3.8) is 0 Å². The first-order chi connectivity index (χ1) is 15.7. The maximum atomic E-state index is 4.19. The third-order valence-corrected chi connectivity index (χ3v) is 6.19. The Balaban J connectivity index is 1.67. The molecule has 0 fully saturated rings. The SMILES string of the molecule is CCN(Cc1cnc[nH]1)c1ccc(-c2ccccc2)cc1CN(C)C(C)c1ccccc1. The van der Waals surface area contributed by atoms with Crippen molar-refractivity contribution in [1.82, 2.24) is 14.9 Å². The second-order valence-electron chi connectivity index (χ2n) is 8.30. The lowest BCUT2D eigenvalue weighted by Gasteiger charge is -2.30. The fourth-order valence-electron chi connectivity index (χ4n) is 4.17. The molecule has 4 heteroatoms. The van der Waals surface area contributed by atoms with Crippen LogP contribution in [0.1, 0.15) is 36.7 Å². The molecule has 0 saturated carbocycles. The summed E-state index contributed by atoms with van der Waals surface area (Å²) in [6, 6.07) is 28.5. The second-order valence-corrected chi connectivity index (χ2v) is 8.30. The van der Waals surface area contributed by atoms with Gasteiger partial charge in [-0.2, -0.15) is 0 Å². The highest BCUT2D eigenvalue weighted by Gasteiger charge is 2.17. The smallest absolute Gasteiger partial charge is 0.0922 e. The molecular weight excluding hydrogens is 392 g/mol. The Morgan fingerprint density at radius 1 is 0.875 bits per heavy atom. The molecule has 1 N–H and O–H groups in total. The first-order valence-corrected chi connectivity index (χ1v) is 11.3. The molecule has 0 amide bonds. The minimum Gasteiger partial charge on any atom is -0.366 e. The van der Waals surface area contributed by atoms with E-state index in [4.69, 9.17) is 0 Å². The fourth-order valence-corrected chi connectivity index (χ4v) is 4.17. The molecule has 1 aromatic heterocycles. The predicted molar refractivity (Wildman–Crippen MR) is 134 cm³/mol. The molecule has 4 nitrogen and oxygen atoms in total. The lowest BCUT2D eigenvalue weighted by atomic mass is 10.00. The summed E-state index contributed by atoms with van der Waals surface area (Å²) in [7, 11) is 2.21. The average molecular weight is 425 g/mol. The van der Waals surface area contributed by atoms with Crippen molar-refractivity contribution in [2.75, 3.05) is 18.5 Å². The Labute approximate surface area is 191 Å². The van der Waals surface area contributed by atoms with Crippen LogP contribution < -0.4 is 4.90 Å². The summed E-state index contributed by atoms with van der Waals surface area (Å²) in [6.07, 6.45) is 3.65. The maximum absolute atomic E-state index is 4.19. The first-order valence-electron chi connectivity index (χ1n) is 11.3. The number of rotatable bonds is 9. The van der Waals surface area contributed by atoms with Crippen molar-refractivity contribution in [2.24, 2.45) is 0 Å². The molecule has 4 rings (SSSR count). The average Bonchev–Trinajstić information content (AvgIpc) is 3.36. The number of benzene rings is 3. The summed E-state index contributed by atoms with van der Waals surface area (Å²) in [4.78, 5) is 12.3. The van der Waals surface area contributed by atoms with Gasteiger partial charge in [-0.25, -0.2) is 4.98 Å². The molecule has 0 aliphatic heterocycles. The van der Waals surface area contributed by atoms with Crippen molar-refractivity contribution < 1.29 is 0 Å². The van der Waals surface area contributed by atoms with Crippen LogP contribution in [0.4, 0.5) is 5.69 Å². The molecule has 1 heterocycles. The number of imidazole rings is 1. The zero-order chi connectivity index (χ0) is 22.3. The Morgan fingerprint density at radius 2 is 1.59 bits per heavy atom. The predicted octanol–water partition coefficient (Wildman–Crippen LogP) is 6.30. The van der Waals surface area contributed by atoms with Crippen molar-refractivity contribution >= 4 is 5.69 Å². The Bertz CT molecular complexity index is 1090. The molecule has 0 saturated heterocycles. The van der Waals surface area contributed by atoms with Gasteiger partial charge in [0.05, 0.1) is 18.6 Å². The van der Waals surface area contributed by atoms with Crippen LogP contribution in [-0.4, -0.2) is 28.5 Å². The van der Waals surface area contributed by atoms with Crippen molar-refractivity contribution in [2.45, 2.75) is 33.0 Å². The molecule has 0 spiro atoms. The van der Waals surface area contributed by atoms with Crippen LogP contribution in [-0.2, 0) is 13.1 Å². The van der Waals surface area contributed by atoms with Gasteiger partial charge >= 0.3 is 0 Å². The summed E-state index contributed by atoms with van der Waals surface area (Å²) in [6.45, 7) is 7.09. The molecular formula is C28H32N4. The molecule has 3 aromatic carbocycles. The second kappa shape index (κ2) is 10.3. The monoisotopic (exact) mass is 424 g/mol. The third-order valence-electron chi connectivity index (χ3n) is 6.19. The largest absolute Gasteiger partial charge is 0.366 e. The summed E-state index contributed by atoms with van der Waals surface area (Å²) in [5.41, 5.74) is 7.56. The molecule has 1 atom stereocenters. The molecule has 164 valence electrons. The molecule has 32 heavy (non-hydrogen) atoms. The van der Waals surface area contributed by atoms with Gasteiger partial charge < -0.3 is 9.88 Å². The van der Waals surface area contributed by atoms with E-state index < -0.39 is 0 Å². The van der Waals surface area contributed by atoms with E-state index in [1.165, 1.54) is 27.9 Å². The minimum absolute atomic E-state index is 0.326. The van der Waals surface area contributed by atoms with Gasteiger partial charge in [0.15, 0.2) is 0 Å². The quantitative estimate of drug-likeness (QED) is 0.343. The fraction of sp³-hybridized carbons (Fsp3) is 0.250. The van der Waals surface area contributed by atoms with E-state index >= 15 is 0 Å². The number of H-pyrrole nitrogens is 1. The highest BCUT2D eigenvalue weighted by atomic mass is 15.2. The lowest BCUT2D eigenvalue weighted by Crippen LogP contribution is -2.27. The van der Waals surface area contributed by atoms with E-state index in [-0.39, 0.29) is 0 Å². The molecule has 0 bridgehead atoms. The summed E-state index contributed by atoms with van der Waals surface area (Å²) >= 11 is 0. The van der Waals surface area contributed by atoms with Gasteiger partial charge in [0.25, 0.3) is 0 Å². The van der Waals surface area contributed by atoms with Gasteiger partial charge in [-0.3, -0.25) is 4.90 Å². The minimum atomic E-state index is 0.326. The number of aromatic nitrogens is 2. The highest BCUT2D eigenvalue weighted by molar-refractivity contribution is 5.69. The van der Waals surface area contributed by atoms with Gasteiger partial charge in [-0.1, -0.05) is 66.7 Å². The molecule has 1 unspecified atom stereocenters. The Morgan fingerprint density at radius 3 is 2.25 bits per heavy atom. The van der Waals surface area contributed by atoms with E-state index in [0.717, 1.165) is 25.3 Å².